The molecule has 1 N–H and O–H groups in total. The van der Waals surface area contributed by atoms with E-state index < -0.39 is 0 Å². The maximum atomic E-state index is 10.1. The van der Waals surface area contributed by atoms with Crippen LogP contribution in [0.4, 0.5) is 0 Å². The Labute approximate surface area is 92.1 Å². The molecule has 3 nitrogen and oxygen atoms in total. The molecule has 1 aromatic heterocycles. The largest absolute Gasteiger partial charge is 0.391 e. The molecule has 0 spiro atoms. The number of aromatic nitrogens is 2. The normalized spacial score (nSPS) is 15.2. The highest BCUT2D eigenvalue weighted by molar-refractivity contribution is 4.96. The first kappa shape index (κ1) is 12.2. The number of imidazole rings is 1. The van der Waals surface area contributed by atoms with E-state index in [2.05, 4.69) is 30.3 Å². The summed E-state index contributed by atoms with van der Waals surface area (Å²) in [6, 6.07) is 0.183. The standard InChI is InChI=1S/C12H22N2O/c1-4-7-11(15)10(5-2)14-9-8-13-12(14)6-3/h8-11,15H,4-7H2,1-3H3. The minimum absolute atomic E-state index is 0.183. The molecule has 0 aliphatic heterocycles. The van der Waals surface area contributed by atoms with Gasteiger partial charge in [0.15, 0.2) is 0 Å². The predicted octanol–water partition coefficient (Wildman–Crippen LogP) is 2.56. The van der Waals surface area contributed by atoms with Crippen LogP contribution in [0.25, 0.3) is 0 Å². The van der Waals surface area contributed by atoms with E-state index in [4.69, 9.17) is 0 Å². The molecule has 1 heterocycles. The molecule has 2 atom stereocenters. The summed E-state index contributed by atoms with van der Waals surface area (Å²) in [5.74, 6) is 1.07. The third kappa shape index (κ3) is 2.81. The van der Waals surface area contributed by atoms with Crippen LogP contribution in [0.15, 0.2) is 12.4 Å². The third-order valence-corrected chi connectivity index (χ3v) is 2.87. The van der Waals surface area contributed by atoms with Crippen molar-refractivity contribution >= 4 is 0 Å². The van der Waals surface area contributed by atoms with Crippen molar-refractivity contribution in [3.8, 4) is 0 Å². The highest BCUT2D eigenvalue weighted by Crippen LogP contribution is 2.21. The van der Waals surface area contributed by atoms with Crippen LogP contribution in [0.3, 0.4) is 0 Å². The lowest BCUT2D eigenvalue weighted by Crippen LogP contribution is -2.24. The zero-order valence-electron chi connectivity index (χ0n) is 9.98. The molecule has 1 aromatic rings. The average molecular weight is 210 g/mol. The fourth-order valence-corrected chi connectivity index (χ4v) is 2.06. The van der Waals surface area contributed by atoms with Gasteiger partial charge in [0.05, 0.1) is 12.1 Å². The van der Waals surface area contributed by atoms with E-state index >= 15 is 0 Å². The molecule has 15 heavy (non-hydrogen) atoms. The number of aliphatic hydroxyl groups excluding tert-OH is 1. The second-order valence-corrected chi connectivity index (χ2v) is 3.94. The topological polar surface area (TPSA) is 38.0 Å². The Kier molecular flexibility index (Phi) is 4.82. The first-order chi connectivity index (χ1) is 7.24. The van der Waals surface area contributed by atoms with Gasteiger partial charge in [0.2, 0.25) is 0 Å². The number of aliphatic hydroxyl groups is 1. The van der Waals surface area contributed by atoms with Crippen molar-refractivity contribution in [2.45, 2.75) is 58.6 Å². The predicted molar refractivity (Wildman–Crippen MR) is 61.8 cm³/mol. The van der Waals surface area contributed by atoms with Crippen LogP contribution >= 0.6 is 0 Å². The Morgan fingerprint density at radius 1 is 1.40 bits per heavy atom. The third-order valence-electron chi connectivity index (χ3n) is 2.87. The van der Waals surface area contributed by atoms with Crippen molar-refractivity contribution < 1.29 is 5.11 Å². The lowest BCUT2D eigenvalue weighted by Gasteiger charge is -2.24. The van der Waals surface area contributed by atoms with Crippen LogP contribution in [0, 0.1) is 0 Å². The summed E-state index contributed by atoms with van der Waals surface area (Å²) in [5, 5.41) is 10.1. The minimum Gasteiger partial charge on any atom is -0.391 e. The molecule has 0 aromatic carbocycles. The molecular formula is C12H22N2O. The summed E-state index contributed by atoms with van der Waals surface area (Å²) in [7, 11) is 0. The highest BCUT2D eigenvalue weighted by Gasteiger charge is 2.19. The zero-order chi connectivity index (χ0) is 11.3. The van der Waals surface area contributed by atoms with Gasteiger partial charge in [-0.15, -0.1) is 0 Å². The van der Waals surface area contributed by atoms with Gasteiger partial charge in [0.25, 0.3) is 0 Å². The number of nitrogens with zero attached hydrogens (tertiary/aromatic N) is 2. The fourth-order valence-electron chi connectivity index (χ4n) is 2.06. The van der Waals surface area contributed by atoms with Gasteiger partial charge in [0, 0.05) is 18.8 Å². The molecule has 0 aliphatic carbocycles. The van der Waals surface area contributed by atoms with Gasteiger partial charge in [-0.25, -0.2) is 4.98 Å². The molecule has 0 saturated heterocycles. The van der Waals surface area contributed by atoms with Crippen molar-refractivity contribution in [3.05, 3.63) is 18.2 Å². The van der Waals surface area contributed by atoms with Crippen molar-refractivity contribution in [2.24, 2.45) is 0 Å². The molecule has 0 radical (unpaired) electrons. The van der Waals surface area contributed by atoms with Crippen LogP contribution < -0.4 is 0 Å². The lowest BCUT2D eigenvalue weighted by atomic mass is 10.0. The zero-order valence-corrected chi connectivity index (χ0v) is 9.98. The van der Waals surface area contributed by atoms with Gasteiger partial charge < -0.3 is 9.67 Å². The van der Waals surface area contributed by atoms with Gasteiger partial charge in [-0.1, -0.05) is 27.2 Å². The first-order valence-electron chi connectivity index (χ1n) is 5.94. The van der Waals surface area contributed by atoms with Crippen LogP contribution in [-0.4, -0.2) is 20.8 Å². The average Bonchev–Trinajstić information content (AvgIpc) is 2.67. The quantitative estimate of drug-likeness (QED) is 0.783. The number of aryl methyl sites for hydroxylation is 1. The van der Waals surface area contributed by atoms with E-state index in [1.807, 2.05) is 12.4 Å². The Balaban J connectivity index is 2.81. The SMILES string of the molecule is CCCC(O)C(CC)n1ccnc1CC. The van der Waals surface area contributed by atoms with E-state index in [0.29, 0.717) is 0 Å². The van der Waals surface area contributed by atoms with Gasteiger partial charge in [-0.05, 0) is 12.8 Å². The molecule has 0 bridgehead atoms. The van der Waals surface area contributed by atoms with Crippen molar-refractivity contribution in [1.82, 2.24) is 9.55 Å². The minimum atomic E-state index is -0.250. The fraction of sp³-hybridized carbons (Fsp3) is 0.750. The van der Waals surface area contributed by atoms with Crippen molar-refractivity contribution in [3.63, 3.8) is 0 Å². The van der Waals surface area contributed by atoms with Gasteiger partial charge in [-0.3, -0.25) is 0 Å². The maximum absolute atomic E-state index is 10.1. The molecule has 2 unspecified atom stereocenters. The van der Waals surface area contributed by atoms with E-state index in [0.717, 1.165) is 31.5 Å². The molecule has 1 rings (SSSR count). The van der Waals surface area contributed by atoms with Crippen LogP contribution in [0.5, 0.6) is 0 Å². The van der Waals surface area contributed by atoms with Crippen molar-refractivity contribution in [1.29, 1.82) is 0 Å². The molecular weight excluding hydrogens is 188 g/mol. The van der Waals surface area contributed by atoms with E-state index in [9.17, 15) is 5.11 Å². The summed E-state index contributed by atoms with van der Waals surface area (Å²) in [4.78, 5) is 4.30. The number of hydrogen-bond donors (Lipinski definition) is 1. The monoisotopic (exact) mass is 210 g/mol. The Hall–Kier alpha value is -0.830. The summed E-state index contributed by atoms with van der Waals surface area (Å²) < 4.78 is 2.13. The first-order valence-corrected chi connectivity index (χ1v) is 5.94. The molecule has 0 fully saturated rings. The van der Waals surface area contributed by atoms with Crippen LogP contribution in [0.1, 0.15) is 51.9 Å². The van der Waals surface area contributed by atoms with E-state index in [1.54, 1.807) is 0 Å². The Morgan fingerprint density at radius 2 is 2.13 bits per heavy atom. The second-order valence-electron chi connectivity index (χ2n) is 3.94. The smallest absolute Gasteiger partial charge is 0.108 e. The summed E-state index contributed by atoms with van der Waals surface area (Å²) in [6.45, 7) is 6.31. The second kappa shape index (κ2) is 5.91. The number of hydrogen-bond acceptors (Lipinski definition) is 2. The molecule has 0 amide bonds. The van der Waals surface area contributed by atoms with Crippen molar-refractivity contribution in [2.75, 3.05) is 0 Å². The Bertz CT molecular complexity index is 283. The molecule has 0 aliphatic rings. The molecule has 0 saturated carbocycles. The highest BCUT2D eigenvalue weighted by atomic mass is 16.3. The number of rotatable bonds is 6. The molecule has 3 heteroatoms. The molecule has 86 valence electrons. The summed E-state index contributed by atoms with van der Waals surface area (Å²) in [5.41, 5.74) is 0. The van der Waals surface area contributed by atoms with E-state index in [-0.39, 0.29) is 12.1 Å². The van der Waals surface area contributed by atoms with Crippen LogP contribution in [-0.2, 0) is 6.42 Å². The van der Waals surface area contributed by atoms with Gasteiger partial charge in [0.1, 0.15) is 5.82 Å². The summed E-state index contributed by atoms with van der Waals surface area (Å²) >= 11 is 0. The maximum Gasteiger partial charge on any atom is 0.108 e. The lowest BCUT2D eigenvalue weighted by molar-refractivity contribution is 0.0989. The van der Waals surface area contributed by atoms with E-state index in [1.165, 1.54) is 0 Å². The Morgan fingerprint density at radius 3 is 2.67 bits per heavy atom. The van der Waals surface area contributed by atoms with Gasteiger partial charge in [-0.2, -0.15) is 0 Å². The van der Waals surface area contributed by atoms with Gasteiger partial charge >= 0.3 is 0 Å². The van der Waals surface area contributed by atoms with Crippen LogP contribution in [0.2, 0.25) is 0 Å². The summed E-state index contributed by atoms with van der Waals surface area (Å²) in [6.07, 6.45) is 7.30.